The average molecular weight is 369 g/mol. The van der Waals surface area contributed by atoms with Crippen molar-refractivity contribution in [2.24, 2.45) is 0 Å². The van der Waals surface area contributed by atoms with Gasteiger partial charge in [0.2, 0.25) is 6.79 Å². The van der Waals surface area contributed by atoms with Gasteiger partial charge in [-0.1, -0.05) is 23.8 Å². The number of nitrogens with one attached hydrogen (secondary N) is 1. The minimum Gasteiger partial charge on any atom is -0.454 e. The molecule has 6 heteroatoms. The van der Waals surface area contributed by atoms with Crippen molar-refractivity contribution in [3.05, 3.63) is 58.1 Å². The second-order valence-corrected chi connectivity index (χ2v) is 6.75. The quantitative estimate of drug-likeness (QED) is 0.818. The molecule has 1 aliphatic rings. The lowest BCUT2D eigenvalue weighted by molar-refractivity contribution is -0.124. The van der Waals surface area contributed by atoms with Crippen LogP contribution in [0.25, 0.3) is 0 Å². The van der Waals surface area contributed by atoms with Gasteiger partial charge in [0.15, 0.2) is 18.1 Å². The number of hydrogen-bond donors (Lipinski definition) is 1. The first-order valence-electron chi connectivity index (χ1n) is 8.79. The molecule has 3 rings (SSSR count). The Kier molecular flexibility index (Phi) is 5.35. The number of benzene rings is 2. The van der Waals surface area contributed by atoms with Crippen molar-refractivity contribution in [3.63, 3.8) is 0 Å². The number of fused-ring (bicyclic) bond motifs is 1. The molecule has 0 saturated heterocycles. The summed E-state index contributed by atoms with van der Waals surface area (Å²) in [6.45, 7) is 7.41. The van der Waals surface area contributed by atoms with Crippen molar-refractivity contribution in [1.29, 1.82) is 0 Å². The van der Waals surface area contributed by atoms with Crippen LogP contribution in [0.2, 0.25) is 0 Å². The van der Waals surface area contributed by atoms with Crippen LogP contribution in [-0.2, 0) is 9.53 Å². The highest BCUT2D eigenvalue weighted by atomic mass is 16.7. The molecule has 6 nitrogen and oxygen atoms in total. The molecule has 0 bridgehead atoms. The highest BCUT2D eigenvalue weighted by molar-refractivity contribution is 5.94. The second-order valence-electron chi connectivity index (χ2n) is 6.75. The molecule has 2 aromatic carbocycles. The smallest absolute Gasteiger partial charge is 0.339 e. The highest BCUT2D eigenvalue weighted by Gasteiger charge is 2.19. The Morgan fingerprint density at radius 2 is 1.74 bits per heavy atom. The fourth-order valence-electron chi connectivity index (χ4n) is 3.25. The number of rotatable bonds is 5. The maximum Gasteiger partial charge on any atom is 0.339 e. The molecule has 0 fully saturated rings. The van der Waals surface area contributed by atoms with Crippen molar-refractivity contribution in [2.45, 2.75) is 33.7 Å². The number of carbonyl (C=O) groups is 2. The minimum atomic E-state index is -0.490. The summed E-state index contributed by atoms with van der Waals surface area (Å²) in [5.74, 6) is 0.493. The van der Waals surface area contributed by atoms with E-state index >= 15 is 0 Å². The van der Waals surface area contributed by atoms with Crippen molar-refractivity contribution in [2.75, 3.05) is 13.4 Å². The Bertz CT molecular complexity index is 867. The Labute approximate surface area is 158 Å². The Hall–Kier alpha value is -3.02. The predicted octanol–water partition coefficient (Wildman–Crippen LogP) is 3.37. The summed E-state index contributed by atoms with van der Waals surface area (Å²) in [6, 6.07) is 9.09. The van der Waals surface area contributed by atoms with E-state index in [0.29, 0.717) is 17.1 Å². The molecule has 142 valence electrons. The third-order valence-electron chi connectivity index (χ3n) is 4.49. The summed E-state index contributed by atoms with van der Waals surface area (Å²) in [6.07, 6.45) is 0. The minimum absolute atomic E-state index is 0.202. The molecule has 1 heterocycles. The lowest BCUT2D eigenvalue weighted by atomic mass is 10.00. The van der Waals surface area contributed by atoms with E-state index in [4.69, 9.17) is 14.2 Å². The van der Waals surface area contributed by atoms with Crippen LogP contribution in [0.15, 0.2) is 30.3 Å². The fourth-order valence-corrected chi connectivity index (χ4v) is 3.25. The Balaban J connectivity index is 1.57. The van der Waals surface area contributed by atoms with Crippen LogP contribution < -0.4 is 14.8 Å². The van der Waals surface area contributed by atoms with Crippen molar-refractivity contribution < 1.29 is 23.8 Å². The molecule has 0 aromatic heterocycles. The maximum atomic E-state index is 12.4. The van der Waals surface area contributed by atoms with Crippen LogP contribution in [0.5, 0.6) is 11.5 Å². The van der Waals surface area contributed by atoms with Crippen LogP contribution in [0.1, 0.15) is 45.6 Å². The summed E-state index contributed by atoms with van der Waals surface area (Å²) >= 11 is 0. The van der Waals surface area contributed by atoms with Crippen molar-refractivity contribution >= 4 is 11.9 Å². The molecular weight excluding hydrogens is 346 g/mol. The molecule has 1 N–H and O–H groups in total. The Morgan fingerprint density at radius 3 is 2.44 bits per heavy atom. The molecule has 0 saturated carbocycles. The molecule has 0 unspecified atom stereocenters. The van der Waals surface area contributed by atoms with Gasteiger partial charge >= 0.3 is 5.97 Å². The molecular formula is C21H23NO5. The number of esters is 1. The zero-order valence-corrected chi connectivity index (χ0v) is 15.9. The molecule has 1 atom stereocenters. The molecule has 0 radical (unpaired) electrons. The lowest BCUT2D eigenvalue weighted by Crippen LogP contribution is -2.31. The largest absolute Gasteiger partial charge is 0.454 e. The summed E-state index contributed by atoms with van der Waals surface area (Å²) in [4.78, 5) is 24.5. The molecule has 2 aromatic rings. The van der Waals surface area contributed by atoms with Gasteiger partial charge in [-0.05, 0) is 56.5 Å². The van der Waals surface area contributed by atoms with E-state index in [9.17, 15) is 9.59 Å². The van der Waals surface area contributed by atoms with Crippen LogP contribution in [0.4, 0.5) is 0 Å². The molecule has 27 heavy (non-hydrogen) atoms. The molecule has 0 aliphatic carbocycles. The first-order valence-corrected chi connectivity index (χ1v) is 8.79. The van der Waals surface area contributed by atoms with E-state index in [-0.39, 0.29) is 25.3 Å². The summed E-state index contributed by atoms with van der Waals surface area (Å²) in [5, 5.41) is 2.82. The van der Waals surface area contributed by atoms with Gasteiger partial charge in [-0.3, -0.25) is 4.79 Å². The van der Waals surface area contributed by atoms with Crippen molar-refractivity contribution in [1.82, 2.24) is 5.32 Å². The van der Waals surface area contributed by atoms with E-state index in [1.54, 1.807) is 0 Å². The topological polar surface area (TPSA) is 73.9 Å². The van der Waals surface area contributed by atoms with Crippen LogP contribution >= 0.6 is 0 Å². The van der Waals surface area contributed by atoms with E-state index < -0.39 is 5.97 Å². The van der Waals surface area contributed by atoms with Crippen LogP contribution in [0, 0.1) is 20.8 Å². The number of amides is 1. The van der Waals surface area contributed by atoms with Crippen LogP contribution in [0.3, 0.4) is 0 Å². The lowest BCUT2D eigenvalue weighted by Gasteiger charge is -2.15. The average Bonchev–Trinajstić information content (AvgIpc) is 3.06. The molecule has 1 aliphatic heterocycles. The van der Waals surface area contributed by atoms with Gasteiger partial charge in [0, 0.05) is 0 Å². The maximum absolute atomic E-state index is 12.4. The number of aryl methyl sites for hydroxylation is 3. The normalized spacial score (nSPS) is 13.2. The van der Waals surface area contributed by atoms with E-state index in [1.807, 2.05) is 58.0 Å². The molecule has 1 amide bonds. The number of hydrogen-bond acceptors (Lipinski definition) is 5. The van der Waals surface area contributed by atoms with Crippen molar-refractivity contribution in [3.8, 4) is 11.5 Å². The standard InChI is InChI=1S/C21H23NO5/c1-12-7-13(2)20(14(3)8-12)21(24)25-10-19(23)22-15(4)16-5-6-17-18(9-16)27-11-26-17/h5-9,15H,10-11H2,1-4H3,(H,22,23)/t15-/m1/s1. The number of ether oxygens (including phenoxy) is 3. The summed E-state index contributed by atoms with van der Waals surface area (Å²) in [5.41, 5.74) is 4.15. The summed E-state index contributed by atoms with van der Waals surface area (Å²) in [7, 11) is 0. The Morgan fingerprint density at radius 1 is 1.07 bits per heavy atom. The second kappa shape index (κ2) is 7.70. The van der Waals surface area contributed by atoms with Gasteiger partial charge in [-0.2, -0.15) is 0 Å². The predicted molar refractivity (Wildman–Crippen MR) is 100 cm³/mol. The first kappa shape index (κ1) is 18.8. The van der Waals surface area contributed by atoms with Gasteiger partial charge in [0.25, 0.3) is 5.91 Å². The van der Waals surface area contributed by atoms with Crippen LogP contribution in [-0.4, -0.2) is 25.3 Å². The third kappa shape index (κ3) is 4.22. The SMILES string of the molecule is Cc1cc(C)c(C(=O)OCC(=O)N[C@H](C)c2ccc3c(c2)OCO3)c(C)c1. The zero-order valence-electron chi connectivity index (χ0n) is 15.9. The van der Waals surface area contributed by atoms with Gasteiger partial charge < -0.3 is 19.5 Å². The van der Waals surface area contributed by atoms with E-state index in [0.717, 1.165) is 22.3 Å². The van der Waals surface area contributed by atoms with Gasteiger partial charge in [0.05, 0.1) is 11.6 Å². The summed E-state index contributed by atoms with van der Waals surface area (Å²) < 4.78 is 15.8. The van der Waals surface area contributed by atoms with Gasteiger partial charge in [-0.25, -0.2) is 4.79 Å². The fraction of sp³-hybridized carbons (Fsp3) is 0.333. The first-order chi connectivity index (χ1) is 12.8. The van der Waals surface area contributed by atoms with Gasteiger partial charge in [-0.15, -0.1) is 0 Å². The highest BCUT2D eigenvalue weighted by Crippen LogP contribution is 2.34. The van der Waals surface area contributed by atoms with Gasteiger partial charge in [0.1, 0.15) is 0 Å². The molecule has 0 spiro atoms. The monoisotopic (exact) mass is 369 g/mol. The zero-order chi connectivity index (χ0) is 19.6. The van der Waals surface area contributed by atoms with E-state index in [2.05, 4.69) is 5.32 Å². The number of carbonyl (C=O) groups excluding carboxylic acids is 2. The third-order valence-corrected chi connectivity index (χ3v) is 4.49. The van der Waals surface area contributed by atoms with E-state index in [1.165, 1.54) is 0 Å².